The van der Waals surface area contributed by atoms with Crippen molar-refractivity contribution >= 4 is 46.8 Å². The molecule has 2 amide bonds. The van der Waals surface area contributed by atoms with Crippen molar-refractivity contribution in [1.29, 1.82) is 0 Å². The van der Waals surface area contributed by atoms with Gasteiger partial charge in [0, 0.05) is 31.0 Å². The Kier molecular flexibility index (Phi) is 7.61. The Morgan fingerprint density at radius 2 is 1.75 bits per heavy atom. The largest absolute Gasteiger partial charge is 0.368 e. The van der Waals surface area contributed by atoms with Crippen LogP contribution in [0.2, 0.25) is 0 Å². The summed E-state index contributed by atoms with van der Waals surface area (Å²) in [5.41, 5.74) is 8.94. The van der Waals surface area contributed by atoms with Gasteiger partial charge in [0.25, 0.3) is 5.91 Å². The number of benzene rings is 2. The number of thioether (sulfide) groups is 1. The van der Waals surface area contributed by atoms with E-state index in [4.69, 9.17) is 5.73 Å². The highest BCUT2D eigenvalue weighted by Gasteiger charge is 2.10. The Bertz CT molecular complexity index is 1100. The van der Waals surface area contributed by atoms with Crippen molar-refractivity contribution < 1.29 is 9.59 Å². The van der Waals surface area contributed by atoms with E-state index in [1.165, 1.54) is 16.7 Å². The molecule has 0 radical (unpaired) electrons. The van der Waals surface area contributed by atoms with Crippen molar-refractivity contribution in [3.05, 3.63) is 65.5 Å². The summed E-state index contributed by atoms with van der Waals surface area (Å²) in [6.07, 6.45) is 0. The monoisotopic (exact) mass is 451 g/mol. The highest BCUT2D eigenvalue weighted by molar-refractivity contribution is 7.99. The van der Waals surface area contributed by atoms with Gasteiger partial charge in [0.1, 0.15) is 5.82 Å². The van der Waals surface area contributed by atoms with E-state index in [0.717, 1.165) is 11.3 Å². The molecule has 0 fully saturated rings. The zero-order valence-electron chi connectivity index (χ0n) is 18.1. The fourth-order valence-corrected chi connectivity index (χ4v) is 3.45. The fourth-order valence-electron chi connectivity index (χ4n) is 2.78. The van der Waals surface area contributed by atoms with Crippen LogP contribution in [0.1, 0.15) is 21.7 Å². The molecule has 0 aliphatic heterocycles. The lowest BCUT2D eigenvalue weighted by Crippen LogP contribution is -2.21. The van der Waals surface area contributed by atoms with Crippen LogP contribution in [0.15, 0.2) is 48.5 Å². The zero-order valence-corrected chi connectivity index (χ0v) is 18.9. The molecule has 9 nitrogen and oxygen atoms in total. The van der Waals surface area contributed by atoms with Crippen LogP contribution < -0.4 is 16.4 Å². The number of anilines is 4. The Hall–Kier alpha value is -3.66. The van der Waals surface area contributed by atoms with E-state index in [0.29, 0.717) is 28.8 Å². The van der Waals surface area contributed by atoms with E-state index in [2.05, 4.69) is 25.6 Å². The summed E-state index contributed by atoms with van der Waals surface area (Å²) in [6.45, 7) is 1.98. The molecule has 0 spiro atoms. The lowest BCUT2D eigenvalue weighted by Gasteiger charge is -2.11. The van der Waals surface area contributed by atoms with E-state index in [9.17, 15) is 9.59 Å². The normalized spacial score (nSPS) is 10.5. The molecule has 1 aromatic heterocycles. The van der Waals surface area contributed by atoms with Crippen molar-refractivity contribution in [2.24, 2.45) is 0 Å². The molecule has 0 aliphatic carbocycles. The molecule has 0 unspecified atom stereocenters. The maximum absolute atomic E-state index is 12.2. The Labute approximate surface area is 190 Å². The molecule has 0 aliphatic rings. The summed E-state index contributed by atoms with van der Waals surface area (Å²) >= 11 is 1.36. The van der Waals surface area contributed by atoms with Gasteiger partial charge in [-0.05, 0) is 42.8 Å². The third kappa shape index (κ3) is 6.42. The highest BCUT2D eigenvalue weighted by Crippen LogP contribution is 2.19. The highest BCUT2D eigenvalue weighted by atomic mass is 32.2. The molecule has 0 saturated carbocycles. The molecule has 1 heterocycles. The van der Waals surface area contributed by atoms with E-state index in [1.54, 1.807) is 38.4 Å². The van der Waals surface area contributed by atoms with Crippen LogP contribution in [-0.4, -0.2) is 51.5 Å². The Morgan fingerprint density at radius 1 is 1.03 bits per heavy atom. The second-order valence-corrected chi connectivity index (χ2v) is 8.18. The van der Waals surface area contributed by atoms with Gasteiger partial charge >= 0.3 is 0 Å². The molecular weight excluding hydrogens is 426 g/mol. The minimum atomic E-state index is -0.165. The summed E-state index contributed by atoms with van der Waals surface area (Å²) in [5.74, 6) is 1.32. The predicted molar refractivity (Wildman–Crippen MR) is 128 cm³/mol. The average molecular weight is 452 g/mol. The van der Waals surface area contributed by atoms with Crippen LogP contribution in [0.4, 0.5) is 23.3 Å². The Balaban J connectivity index is 1.52. The van der Waals surface area contributed by atoms with E-state index in [1.807, 2.05) is 31.2 Å². The standard InChI is InChI=1S/C22H25N7O2S/c1-14-6-4-5-7-17(14)25-22-27-18(26-21(23)28-22)12-32-13-19(30)24-16-10-8-15(9-11-16)20(31)29(2)3/h4-11H,12-13H2,1-3H3,(H,24,30)(H3,23,25,26,27,28). The molecule has 32 heavy (non-hydrogen) atoms. The number of rotatable bonds is 8. The number of nitrogen functional groups attached to an aromatic ring is 1. The molecule has 4 N–H and O–H groups in total. The third-order valence-electron chi connectivity index (χ3n) is 4.38. The van der Waals surface area contributed by atoms with E-state index >= 15 is 0 Å². The lowest BCUT2D eigenvalue weighted by molar-refractivity contribution is -0.113. The van der Waals surface area contributed by atoms with Crippen molar-refractivity contribution in [2.45, 2.75) is 12.7 Å². The number of nitrogens with one attached hydrogen (secondary N) is 2. The van der Waals surface area contributed by atoms with Gasteiger partial charge in [-0.25, -0.2) is 0 Å². The van der Waals surface area contributed by atoms with Gasteiger partial charge in [-0.3, -0.25) is 9.59 Å². The summed E-state index contributed by atoms with van der Waals surface area (Å²) in [6, 6.07) is 14.6. The molecule has 2 aromatic carbocycles. The number of nitrogens with zero attached hydrogens (tertiary/aromatic N) is 4. The summed E-state index contributed by atoms with van der Waals surface area (Å²) in [4.78, 5) is 38.3. The van der Waals surface area contributed by atoms with Gasteiger partial charge in [-0.1, -0.05) is 18.2 Å². The van der Waals surface area contributed by atoms with E-state index in [-0.39, 0.29) is 23.5 Å². The molecular formula is C22H25N7O2S. The smallest absolute Gasteiger partial charge is 0.253 e. The second kappa shape index (κ2) is 10.6. The van der Waals surface area contributed by atoms with Gasteiger partial charge in [-0.15, -0.1) is 11.8 Å². The van der Waals surface area contributed by atoms with Crippen LogP contribution in [0, 0.1) is 6.92 Å². The molecule has 166 valence electrons. The van der Waals surface area contributed by atoms with Crippen molar-refractivity contribution in [2.75, 3.05) is 36.2 Å². The fraction of sp³-hybridized carbons (Fsp3) is 0.227. The molecule has 3 aromatic rings. The first-order chi connectivity index (χ1) is 15.3. The van der Waals surface area contributed by atoms with Crippen LogP contribution in [0.3, 0.4) is 0 Å². The van der Waals surface area contributed by atoms with Gasteiger partial charge in [0.2, 0.25) is 17.8 Å². The minimum absolute atomic E-state index is 0.0914. The molecule has 0 atom stereocenters. The van der Waals surface area contributed by atoms with Gasteiger partial charge in [-0.2, -0.15) is 15.0 Å². The molecule has 0 saturated heterocycles. The van der Waals surface area contributed by atoms with E-state index < -0.39 is 0 Å². The first-order valence-corrected chi connectivity index (χ1v) is 11.0. The van der Waals surface area contributed by atoms with Gasteiger partial charge in [0.15, 0.2) is 0 Å². The second-order valence-electron chi connectivity index (χ2n) is 7.19. The molecule has 3 rings (SSSR count). The SMILES string of the molecule is Cc1ccccc1Nc1nc(N)nc(CSCC(=O)Nc2ccc(C(=O)N(C)C)cc2)n1. The summed E-state index contributed by atoms with van der Waals surface area (Å²) in [7, 11) is 3.38. The number of hydrogen-bond acceptors (Lipinski definition) is 8. The quantitative estimate of drug-likeness (QED) is 0.477. The number of carbonyl (C=O) groups excluding carboxylic acids is 2. The molecule has 0 bridgehead atoms. The zero-order chi connectivity index (χ0) is 23.1. The molecule has 10 heteroatoms. The van der Waals surface area contributed by atoms with Gasteiger partial charge < -0.3 is 21.3 Å². The first-order valence-electron chi connectivity index (χ1n) is 9.84. The van der Waals surface area contributed by atoms with Gasteiger partial charge in [0.05, 0.1) is 11.5 Å². The number of carbonyl (C=O) groups is 2. The number of aromatic nitrogens is 3. The van der Waals surface area contributed by atoms with Crippen molar-refractivity contribution in [3.63, 3.8) is 0 Å². The minimum Gasteiger partial charge on any atom is -0.368 e. The topological polar surface area (TPSA) is 126 Å². The Morgan fingerprint density at radius 3 is 2.44 bits per heavy atom. The summed E-state index contributed by atoms with van der Waals surface area (Å²) in [5, 5.41) is 5.96. The lowest BCUT2D eigenvalue weighted by atomic mass is 10.2. The first kappa shape index (κ1) is 23.0. The van der Waals surface area contributed by atoms with Crippen molar-refractivity contribution in [1.82, 2.24) is 19.9 Å². The van der Waals surface area contributed by atoms with Crippen LogP contribution in [0.5, 0.6) is 0 Å². The number of hydrogen-bond donors (Lipinski definition) is 3. The number of amides is 2. The number of nitrogens with two attached hydrogens (primary N) is 1. The number of aryl methyl sites for hydroxylation is 1. The maximum Gasteiger partial charge on any atom is 0.253 e. The number of para-hydroxylation sites is 1. The predicted octanol–water partition coefficient (Wildman–Crippen LogP) is 3.08. The summed E-state index contributed by atoms with van der Waals surface area (Å²) < 4.78 is 0. The van der Waals surface area contributed by atoms with Crippen LogP contribution in [0.25, 0.3) is 0 Å². The third-order valence-corrected chi connectivity index (χ3v) is 5.31. The van der Waals surface area contributed by atoms with Crippen LogP contribution in [-0.2, 0) is 10.5 Å². The van der Waals surface area contributed by atoms with Crippen LogP contribution >= 0.6 is 11.8 Å². The average Bonchev–Trinajstić information content (AvgIpc) is 2.75. The van der Waals surface area contributed by atoms with Crippen molar-refractivity contribution in [3.8, 4) is 0 Å². The maximum atomic E-state index is 12.2.